The third-order valence-corrected chi connectivity index (χ3v) is 5.48. The Balaban J connectivity index is 0.00000484. The fourth-order valence-electron chi connectivity index (χ4n) is 2.30. The molecule has 1 rings (SSSR count). The van der Waals surface area contributed by atoms with E-state index in [1.807, 2.05) is 13.8 Å². The van der Waals surface area contributed by atoms with Gasteiger partial charge in [0.1, 0.15) is 0 Å². The number of halogens is 1. The second kappa shape index (κ2) is 9.24. The Kier molecular flexibility index (Phi) is 8.79. The van der Waals surface area contributed by atoms with Gasteiger partial charge in [0, 0.05) is 12.6 Å². The molecule has 2 amide bonds. The Bertz CT molecular complexity index is 536. The SMILES string of the molecule is C=CCN(C(=O)CNC(=O)[C@@H](N)C(C)C)C1CCS(=O)(=O)C1.Cl. The monoisotopic (exact) mass is 367 g/mol. The van der Waals surface area contributed by atoms with Crippen molar-refractivity contribution in [2.24, 2.45) is 11.7 Å². The molecule has 2 atom stereocenters. The zero-order valence-electron chi connectivity index (χ0n) is 13.5. The largest absolute Gasteiger partial charge is 0.346 e. The average Bonchev–Trinajstić information content (AvgIpc) is 2.80. The number of hydrogen-bond acceptors (Lipinski definition) is 5. The quantitative estimate of drug-likeness (QED) is 0.601. The number of rotatable bonds is 7. The Morgan fingerprint density at radius 3 is 2.48 bits per heavy atom. The minimum absolute atomic E-state index is 0. The second-order valence-electron chi connectivity index (χ2n) is 5.88. The molecule has 1 aliphatic rings. The molecular formula is C14H26ClN3O4S. The summed E-state index contributed by atoms with van der Waals surface area (Å²) < 4.78 is 23.1. The van der Waals surface area contributed by atoms with Crippen molar-refractivity contribution in [3.05, 3.63) is 12.7 Å². The number of nitrogens with one attached hydrogen (secondary N) is 1. The summed E-state index contributed by atoms with van der Waals surface area (Å²) in [5, 5.41) is 2.51. The average molecular weight is 368 g/mol. The number of nitrogens with two attached hydrogens (primary N) is 1. The van der Waals surface area contributed by atoms with Crippen molar-refractivity contribution >= 4 is 34.1 Å². The molecule has 1 fully saturated rings. The highest BCUT2D eigenvalue weighted by molar-refractivity contribution is 7.91. The molecule has 0 aromatic carbocycles. The lowest BCUT2D eigenvalue weighted by Crippen LogP contribution is -2.50. The number of carbonyl (C=O) groups excluding carboxylic acids is 2. The molecule has 9 heteroatoms. The number of amides is 2. The molecule has 1 aliphatic heterocycles. The van der Waals surface area contributed by atoms with Gasteiger partial charge in [0.05, 0.1) is 24.1 Å². The van der Waals surface area contributed by atoms with Crippen LogP contribution in [0.1, 0.15) is 20.3 Å². The summed E-state index contributed by atoms with van der Waals surface area (Å²) in [4.78, 5) is 25.5. The van der Waals surface area contributed by atoms with Gasteiger partial charge in [-0.05, 0) is 12.3 Å². The van der Waals surface area contributed by atoms with E-state index >= 15 is 0 Å². The van der Waals surface area contributed by atoms with Crippen LogP contribution in [0, 0.1) is 5.92 Å². The summed E-state index contributed by atoms with van der Waals surface area (Å²) in [6.45, 7) is 7.29. The van der Waals surface area contributed by atoms with E-state index in [2.05, 4.69) is 11.9 Å². The lowest BCUT2D eigenvalue weighted by molar-refractivity contribution is -0.134. The third-order valence-electron chi connectivity index (χ3n) is 3.73. The van der Waals surface area contributed by atoms with Gasteiger partial charge in [-0.25, -0.2) is 8.42 Å². The zero-order chi connectivity index (χ0) is 16.9. The minimum atomic E-state index is -3.08. The first-order valence-corrected chi connectivity index (χ1v) is 9.14. The van der Waals surface area contributed by atoms with Crippen molar-refractivity contribution in [2.45, 2.75) is 32.4 Å². The van der Waals surface area contributed by atoms with E-state index in [9.17, 15) is 18.0 Å². The van der Waals surface area contributed by atoms with Crippen molar-refractivity contribution in [3.63, 3.8) is 0 Å². The summed E-state index contributed by atoms with van der Waals surface area (Å²) in [5.41, 5.74) is 5.71. The van der Waals surface area contributed by atoms with Gasteiger partial charge in [-0.1, -0.05) is 19.9 Å². The van der Waals surface area contributed by atoms with Crippen molar-refractivity contribution in [1.29, 1.82) is 0 Å². The molecule has 1 saturated heterocycles. The summed E-state index contributed by atoms with van der Waals surface area (Å²) in [6.07, 6.45) is 1.96. The maximum Gasteiger partial charge on any atom is 0.242 e. The standard InChI is InChI=1S/C14H25N3O4S.ClH/c1-4-6-17(11-5-7-22(20,21)9-11)12(18)8-16-14(19)13(15)10(2)3;/h4,10-11,13H,1,5-9,15H2,2-3H3,(H,16,19);1H/t11?,13-;/m0./s1. The topological polar surface area (TPSA) is 110 Å². The van der Waals surface area contributed by atoms with E-state index in [1.54, 1.807) is 6.08 Å². The van der Waals surface area contributed by atoms with E-state index in [-0.39, 0.29) is 60.8 Å². The van der Waals surface area contributed by atoms with Crippen LogP contribution >= 0.6 is 12.4 Å². The van der Waals surface area contributed by atoms with E-state index in [4.69, 9.17) is 5.73 Å². The fourth-order valence-corrected chi connectivity index (χ4v) is 4.03. The van der Waals surface area contributed by atoms with Crippen LogP contribution in [-0.4, -0.2) is 61.8 Å². The van der Waals surface area contributed by atoms with Crippen LogP contribution in [-0.2, 0) is 19.4 Å². The first-order valence-electron chi connectivity index (χ1n) is 7.32. The molecule has 0 saturated carbocycles. The Morgan fingerprint density at radius 2 is 2.04 bits per heavy atom. The molecular weight excluding hydrogens is 342 g/mol. The summed E-state index contributed by atoms with van der Waals surface area (Å²) >= 11 is 0. The number of nitrogens with zero attached hydrogens (tertiary/aromatic N) is 1. The summed E-state index contributed by atoms with van der Waals surface area (Å²) in [5.74, 6) is -0.693. The third kappa shape index (κ3) is 6.48. The van der Waals surface area contributed by atoms with Crippen LogP contribution in [0.2, 0.25) is 0 Å². The summed E-state index contributed by atoms with van der Waals surface area (Å²) in [7, 11) is -3.08. The number of sulfone groups is 1. The van der Waals surface area contributed by atoms with E-state index in [0.29, 0.717) is 6.42 Å². The Morgan fingerprint density at radius 1 is 1.43 bits per heavy atom. The lowest BCUT2D eigenvalue weighted by atomic mass is 10.1. The molecule has 0 bridgehead atoms. The molecule has 0 radical (unpaired) electrons. The molecule has 1 unspecified atom stereocenters. The van der Waals surface area contributed by atoms with Gasteiger partial charge in [0.2, 0.25) is 11.8 Å². The lowest BCUT2D eigenvalue weighted by Gasteiger charge is -2.27. The molecule has 1 heterocycles. The number of carbonyl (C=O) groups is 2. The van der Waals surface area contributed by atoms with Crippen LogP contribution in [0.3, 0.4) is 0 Å². The first kappa shape index (κ1) is 21.9. The molecule has 0 aromatic rings. The van der Waals surface area contributed by atoms with Gasteiger partial charge in [-0.2, -0.15) is 0 Å². The molecule has 0 aromatic heterocycles. The molecule has 0 aliphatic carbocycles. The van der Waals surface area contributed by atoms with Gasteiger partial charge < -0.3 is 16.0 Å². The summed E-state index contributed by atoms with van der Waals surface area (Å²) in [6, 6.07) is -1.03. The van der Waals surface area contributed by atoms with Crippen LogP contribution in [0.5, 0.6) is 0 Å². The van der Waals surface area contributed by atoms with E-state index in [1.165, 1.54) is 4.90 Å². The highest BCUT2D eigenvalue weighted by Gasteiger charge is 2.34. The highest BCUT2D eigenvalue weighted by Crippen LogP contribution is 2.17. The highest BCUT2D eigenvalue weighted by atomic mass is 35.5. The zero-order valence-corrected chi connectivity index (χ0v) is 15.2. The van der Waals surface area contributed by atoms with Gasteiger partial charge in [0.25, 0.3) is 0 Å². The molecule has 23 heavy (non-hydrogen) atoms. The molecule has 3 N–H and O–H groups in total. The van der Waals surface area contributed by atoms with Crippen LogP contribution in [0.25, 0.3) is 0 Å². The van der Waals surface area contributed by atoms with Crippen molar-refractivity contribution in [2.75, 3.05) is 24.6 Å². The van der Waals surface area contributed by atoms with E-state index in [0.717, 1.165) is 0 Å². The van der Waals surface area contributed by atoms with Crippen LogP contribution in [0.15, 0.2) is 12.7 Å². The van der Waals surface area contributed by atoms with Gasteiger partial charge >= 0.3 is 0 Å². The van der Waals surface area contributed by atoms with Gasteiger partial charge in [0.15, 0.2) is 9.84 Å². The smallest absolute Gasteiger partial charge is 0.242 e. The Hall–Kier alpha value is -1.12. The number of hydrogen-bond donors (Lipinski definition) is 2. The maximum absolute atomic E-state index is 12.3. The minimum Gasteiger partial charge on any atom is -0.346 e. The predicted molar refractivity (Wildman–Crippen MR) is 92.0 cm³/mol. The van der Waals surface area contributed by atoms with Crippen molar-refractivity contribution < 1.29 is 18.0 Å². The van der Waals surface area contributed by atoms with Crippen molar-refractivity contribution in [3.8, 4) is 0 Å². The molecule has 134 valence electrons. The fraction of sp³-hybridized carbons (Fsp3) is 0.714. The Labute approximate surface area is 144 Å². The van der Waals surface area contributed by atoms with Crippen molar-refractivity contribution in [1.82, 2.24) is 10.2 Å². The first-order chi connectivity index (χ1) is 10.2. The van der Waals surface area contributed by atoms with Gasteiger partial charge in [-0.3, -0.25) is 9.59 Å². The van der Waals surface area contributed by atoms with Gasteiger partial charge in [-0.15, -0.1) is 19.0 Å². The van der Waals surface area contributed by atoms with Crippen LogP contribution in [0.4, 0.5) is 0 Å². The van der Waals surface area contributed by atoms with E-state index < -0.39 is 15.9 Å². The predicted octanol–water partition coefficient (Wildman–Crippen LogP) is -0.291. The normalized spacial score (nSPS) is 20.4. The molecule has 0 spiro atoms. The second-order valence-corrected chi connectivity index (χ2v) is 8.11. The molecule has 7 nitrogen and oxygen atoms in total. The maximum atomic E-state index is 12.3. The van der Waals surface area contributed by atoms with Crippen LogP contribution < -0.4 is 11.1 Å².